The van der Waals surface area contributed by atoms with Gasteiger partial charge in [-0.2, -0.15) is 0 Å². The molecule has 0 atom stereocenters. The van der Waals surface area contributed by atoms with Crippen LogP contribution in [0, 0.1) is 0 Å². The van der Waals surface area contributed by atoms with E-state index in [1.165, 1.54) is 6.42 Å². The van der Waals surface area contributed by atoms with E-state index in [9.17, 15) is 9.90 Å². The molecule has 0 aromatic rings. The van der Waals surface area contributed by atoms with Gasteiger partial charge in [0, 0.05) is 6.08 Å². The molecule has 1 aliphatic rings. The van der Waals surface area contributed by atoms with Crippen molar-refractivity contribution in [1.29, 1.82) is 0 Å². The normalized spacial score (nSPS) is 21.9. The molecule has 0 aromatic carbocycles. The highest BCUT2D eigenvalue weighted by Crippen LogP contribution is 2.30. The Kier molecular flexibility index (Phi) is 3.48. The van der Waals surface area contributed by atoms with E-state index in [-0.39, 0.29) is 0 Å². The van der Waals surface area contributed by atoms with Gasteiger partial charge in [-0.05, 0) is 19.3 Å². The first kappa shape index (κ1) is 10.3. The summed E-state index contributed by atoms with van der Waals surface area (Å²) in [5.41, 5.74) is -0.635. The maximum absolute atomic E-state index is 10.2. The zero-order chi connectivity index (χ0) is 9.73. The van der Waals surface area contributed by atoms with Crippen LogP contribution < -0.4 is 0 Å². The zero-order valence-corrected chi connectivity index (χ0v) is 7.70. The molecular weight excluding hydrogens is 168 g/mol. The Balaban J connectivity index is 2.37. The smallest absolute Gasteiger partial charge is 0.327 e. The van der Waals surface area contributed by atoms with Crippen LogP contribution in [0.15, 0.2) is 12.2 Å². The van der Waals surface area contributed by atoms with Crippen molar-refractivity contribution in [3.8, 4) is 0 Å². The van der Waals surface area contributed by atoms with Gasteiger partial charge in [0.1, 0.15) is 0 Å². The molecule has 3 heteroatoms. The first-order valence-corrected chi connectivity index (χ1v) is 4.74. The molecule has 0 bridgehead atoms. The van der Waals surface area contributed by atoms with Gasteiger partial charge in [-0.15, -0.1) is 0 Å². The van der Waals surface area contributed by atoms with E-state index in [0.717, 1.165) is 31.8 Å². The van der Waals surface area contributed by atoms with Gasteiger partial charge in [-0.3, -0.25) is 0 Å². The molecule has 0 aromatic heterocycles. The van der Waals surface area contributed by atoms with Crippen LogP contribution in [-0.4, -0.2) is 21.8 Å². The number of carbonyl (C=O) groups is 1. The summed E-state index contributed by atoms with van der Waals surface area (Å²) in [6.07, 6.45) is 8.02. The lowest BCUT2D eigenvalue weighted by molar-refractivity contribution is -0.131. The Morgan fingerprint density at radius 2 is 1.92 bits per heavy atom. The average Bonchev–Trinajstić information content (AvgIpc) is 2.04. The molecule has 1 aliphatic carbocycles. The van der Waals surface area contributed by atoms with E-state index in [1.54, 1.807) is 6.08 Å². The third-order valence-corrected chi connectivity index (χ3v) is 2.54. The minimum absolute atomic E-state index is 0.472. The van der Waals surface area contributed by atoms with Gasteiger partial charge in [0.2, 0.25) is 0 Å². The Bertz CT molecular complexity index is 202. The molecule has 0 saturated heterocycles. The van der Waals surface area contributed by atoms with Gasteiger partial charge < -0.3 is 10.2 Å². The van der Waals surface area contributed by atoms with Gasteiger partial charge in [-0.25, -0.2) is 4.79 Å². The fraction of sp³-hybridized carbons (Fsp3) is 0.700. The molecule has 13 heavy (non-hydrogen) atoms. The number of hydrogen-bond donors (Lipinski definition) is 2. The Labute approximate surface area is 78.1 Å². The van der Waals surface area contributed by atoms with Crippen LogP contribution in [0.1, 0.15) is 38.5 Å². The lowest BCUT2D eigenvalue weighted by Crippen LogP contribution is -2.30. The van der Waals surface area contributed by atoms with Gasteiger partial charge in [0.15, 0.2) is 0 Å². The maximum Gasteiger partial charge on any atom is 0.327 e. The first-order valence-electron chi connectivity index (χ1n) is 4.74. The minimum atomic E-state index is -0.945. The summed E-state index contributed by atoms with van der Waals surface area (Å²) < 4.78 is 0. The maximum atomic E-state index is 10.2. The van der Waals surface area contributed by atoms with Gasteiger partial charge in [-0.1, -0.05) is 25.3 Å². The fourth-order valence-electron chi connectivity index (χ4n) is 1.79. The van der Waals surface area contributed by atoms with Gasteiger partial charge >= 0.3 is 5.97 Å². The molecule has 0 amide bonds. The summed E-state index contributed by atoms with van der Waals surface area (Å²) in [6.45, 7) is 0. The molecule has 0 spiro atoms. The molecule has 1 rings (SSSR count). The summed E-state index contributed by atoms with van der Waals surface area (Å²) in [7, 11) is 0. The largest absolute Gasteiger partial charge is 0.478 e. The average molecular weight is 184 g/mol. The SMILES string of the molecule is O=C(O)/C=C\CC1(O)CCCCC1. The van der Waals surface area contributed by atoms with Crippen molar-refractivity contribution >= 4 is 5.97 Å². The highest BCUT2D eigenvalue weighted by Gasteiger charge is 2.27. The Hall–Kier alpha value is -0.830. The highest BCUT2D eigenvalue weighted by molar-refractivity contribution is 5.79. The monoisotopic (exact) mass is 184 g/mol. The van der Waals surface area contributed by atoms with Crippen molar-refractivity contribution in [1.82, 2.24) is 0 Å². The third-order valence-electron chi connectivity index (χ3n) is 2.54. The summed E-state index contributed by atoms with van der Waals surface area (Å²) in [5, 5.41) is 18.3. The zero-order valence-electron chi connectivity index (χ0n) is 7.70. The van der Waals surface area contributed by atoms with Crippen molar-refractivity contribution in [3.63, 3.8) is 0 Å². The number of aliphatic carboxylic acids is 1. The standard InChI is InChI=1S/C10H16O3/c11-9(12)5-4-8-10(13)6-2-1-3-7-10/h4-5,13H,1-3,6-8H2,(H,11,12)/b5-4-. The third kappa shape index (κ3) is 3.59. The number of rotatable bonds is 3. The quantitative estimate of drug-likeness (QED) is 0.656. The second-order valence-electron chi connectivity index (χ2n) is 3.73. The van der Waals surface area contributed by atoms with Crippen molar-refractivity contribution in [2.45, 2.75) is 44.1 Å². The number of hydrogen-bond acceptors (Lipinski definition) is 2. The molecule has 1 saturated carbocycles. The van der Waals surface area contributed by atoms with Crippen molar-refractivity contribution in [2.75, 3.05) is 0 Å². The van der Waals surface area contributed by atoms with Crippen molar-refractivity contribution in [3.05, 3.63) is 12.2 Å². The van der Waals surface area contributed by atoms with E-state index in [0.29, 0.717) is 6.42 Å². The van der Waals surface area contributed by atoms with Crippen LogP contribution in [0.3, 0.4) is 0 Å². The molecular formula is C10H16O3. The van der Waals surface area contributed by atoms with Gasteiger partial charge in [0.05, 0.1) is 5.60 Å². The molecule has 0 unspecified atom stereocenters. The lowest BCUT2D eigenvalue weighted by atomic mass is 9.82. The van der Waals surface area contributed by atoms with Crippen LogP contribution in [-0.2, 0) is 4.79 Å². The summed E-state index contributed by atoms with van der Waals surface area (Å²) >= 11 is 0. The number of carboxylic acid groups (broad SMARTS) is 1. The van der Waals surface area contributed by atoms with E-state index in [2.05, 4.69) is 0 Å². The first-order chi connectivity index (χ1) is 6.12. The summed E-state index contributed by atoms with van der Waals surface area (Å²) in [4.78, 5) is 10.2. The molecule has 3 nitrogen and oxygen atoms in total. The topological polar surface area (TPSA) is 57.5 Å². The molecule has 0 radical (unpaired) electrons. The summed E-state index contributed by atoms with van der Waals surface area (Å²) in [6, 6.07) is 0. The second-order valence-corrected chi connectivity index (χ2v) is 3.73. The molecule has 0 aliphatic heterocycles. The molecule has 74 valence electrons. The lowest BCUT2D eigenvalue weighted by Gasteiger charge is -2.30. The van der Waals surface area contributed by atoms with E-state index in [1.807, 2.05) is 0 Å². The van der Waals surface area contributed by atoms with Crippen LogP contribution in [0.4, 0.5) is 0 Å². The predicted octanol–water partition coefficient (Wildman–Crippen LogP) is 1.71. The van der Waals surface area contributed by atoms with Crippen molar-refractivity contribution < 1.29 is 15.0 Å². The summed E-state index contributed by atoms with van der Waals surface area (Å²) in [5.74, 6) is -0.945. The molecule has 2 N–H and O–H groups in total. The van der Waals surface area contributed by atoms with Crippen molar-refractivity contribution in [2.24, 2.45) is 0 Å². The number of carboxylic acids is 1. The van der Waals surface area contributed by atoms with E-state index < -0.39 is 11.6 Å². The van der Waals surface area contributed by atoms with E-state index in [4.69, 9.17) is 5.11 Å². The molecule has 0 heterocycles. The van der Waals surface area contributed by atoms with Crippen LogP contribution in [0.25, 0.3) is 0 Å². The second kappa shape index (κ2) is 4.42. The Morgan fingerprint density at radius 1 is 1.31 bits per heavy atom. The van der Waals surface area contributed by atoms with E-state index >= 15 is 0 Å². The fourth-order valence-corrected chi connectivity index (χ4v) is 1.79. The minimum Gasteiger partial charge on any atom is -0.478 e. The number of aliphatic hydroxyl groups is 1. The van der Waals surface area contributed by atoms with Crippen LogP contribution in [0.5, 0.6) is 0 Å². The van der Waals surface area contributed by atoms with Gasteiger partial charge in [0.25, 0.3) is 0 Å². The molecule has 1 fully saturated rings. The van der Waals surface area contributed by atoms with Crippen LogP contribution in [0.2, 0.25) is 0 Å². The van der Waals surface area contributed by atoms with Crippen LogP contribution >= 0.6 is 0 Å². The Morgan fingerprint density at radius 3 is 2.46 bits per heavy atom. The predicted molar refractivity (Wildman–Crippen MR) is 49.4 cm³/mol. The highest BCUT2D eigenvalue weighted by atomic mass is 16.4.